The molecule has 0 saturated heterocycles. The zero-order valence-corrected chi connectivity index (χ0v) is 15.4. The maximum Gasteiger partial charge on any atom is 0.326 e. The molecule has 1 aromatic rings. The van der Waals surface area contributed by atoms with Crippen molar-refractivity contribution in [1.82, 2.24) is 15.1 Å². The van der Waals surface area contributed by atoms with E-state index in [4.69, 9.17) is 4.74 Å². The maximum atomic E-state index is 12.4. The van der Waals surface area contributed by atoms with Gasteiger partial charge in [-0.2, -0.15) is 5.10 Å². The van der Waals surface area contributed by atoms with Crippen molar-refractivity contribution in [3.63, 3.8) is 0 Å². The molecule has 0 radical (unpaired) electrons. The fourth-order valence-corrected chi connectivity index (χ4v) is 2.18. The van der Waals surface area contributed by atoms with Gasteiger partial charge in [-0.3, -0.25) is 9.48 Å². The number of carboxylic acid groups (broad SMARTS) is 1. The summed E-state index contributed by atoms with van der Waals surface area (Å²) in [6.45, 7) is 12.6. The van der Waals surface area contributed by atoms with Gasteiger partial charge in [0.15, 0.2) is 0 Å². The van der Waals surface area contributed by atoms with Crippen LogP contribution in [0.4, 0.5) is 0 Å². The van der Waals surface area contributed by atoms with E-state index in [0.29, 0.717) is 18.0 Å². The van der Waals surface area contributed by atoms with Crippen LogP contribution in [0.15, 0.2) is 6.20 Å². The van der Waals surface area contributed by atoms with Crippen LogP contribution in [0, 0.1) is 12.8 Å². The lowest BCUT2D eigenvalue weighted by Gasteiger charge is -2.21. The minimum absolute atomic E-state index is 0.206. The molecule has 136 valence electrons. The van der Waals surface area contributed by atoms with Gasteiger partial charge in [-0.1, -0.05) is 13.8 Å². The summed E-state index contributed by atoms with van der Waals surface area (Å²) in [4.78, 5) is 23.7. The van der Waals surface area contributed by atoms with Gasteiger partial charge >= 0.3 is 5.97 Å². The summed E-state index contributed by atoms with van der Waals surface area (Å²) in [7, 11) is 0. The minimum atomic E-state index is -1.08. The molecule has 0 aromatic carbocycles. The molecule has 24 heavy (non-hydrogen) atoms. The number of carbonyl (C=O) groups is 2. The van der Waals surface area contributed by atoms with Gasteiger partial charge in [0, 0.05) is 25.3 Å². The number of hydrogen-bond acceptors (Lipinski definition) is 4. The lowest BCUT2D eigenvalue weighted by atomic mass is 10.1. The Morgan fingerprint density at radius 2 is 2.00 bits per heavy atom. The van der Waals surface area contributed by atoms with Crippen molar-refractivity contribution < 1.29 is 19.4 Å². The average molecular weight is 339 g/mol. The summed E-state index contributed by atoms with van der Waals surface area (Å²) in [5, 5.41) is 16.1. The quantitative estimate of drug-likeness (QED) is 0.757. The van der Waals surface area contributed by atoms with Crippen LogP contribution in [-0.4, -0.2) is 45.0 Å². The highest BCUT2D eigenvalue weighted by Crippen LogP contribution is 2.11. The molecule has 0 aliphatic heterocycles. The molecule has 1 amide bonds. The molecule has 1 rings (SSSR count). The first-order chi connectivity index (χ1) is 11.0. The third-order valence-electron chi connectivity index (χ3n) is 3.43. The molecule has 1 atom stereocenters. The summed E-state index contributed by atoms with van der Waals surface area (Å²) < 4.78 is 7.30. The molecule has 7 heteroatoms. The second kappa shape index (κ2) is 8.28. The number of carboxylic acids is 1. The number of amides is 1. The van der Waals surface area contributed by atoms with Crippen molar-refractivity contribution >= 4 is 11.9 Å². The highest BCUT2D eigenvalue weighted by atomic mass is 16.5. The molecule has 0 spiro atoms. The summed E-state index contributed by atoms with van der Waals surface area (Å²) in [5.74, 6) is -1.10. The van der Waals surface area contributed by atoms with Gasteiger partial charge in [0.05, 0.1) is 17.4 Å². The van der Waals surface area contributed by atoms with E-state index in [9.17, 15) is 14.7 Å². The molecule has 0 aliphatic carbocycles. The van der Waals surface area contributed by atoms with Crippen LogP contribution in [0.5, 0.6) is 0 Å². The monoisotopic (exact) mass is 339 g/mol. The van der Waals surface area contributed by atoms with Crippen LogP contribution in [0.25, 0.3) is 0 Å². The molecule has 1 aromatic heterocycles. The second-order valence-corrected chi connectivity index (χ2v) is 7.33. The van der Waals surface area contributed by atoms with Crippen LogP contribution in [0.1, 0.15) is 57.1 Å². The Hall–Kier alpha value is -1.89. The predicted octanol–water partition coefficient (Wildman–Crippen LogP) is 2.24. The molecule has 1 unspecified atom stereocenters. The lowest BCUT2D eigenvalue weighted by molar-refractivity contribution is -0.140. The molecular formula is C17H29N3O4. The minimum Gasteiger partial charge on any atom is -0.480 e. The molecule has 1 heterocycles. The Morgan fingerprint density at radius 3 is 2.50 bits per heavy atom. The summed E-state index contributed by atoms with van der Waals surface area (Å²) in [5.41, 5.74) is 0.789. The van der Waals surface area contributed by atoms with Gasteiger partial charge in [-0.05, 0) is 33.6 Å². The summed E-state index contributed by atoms with van der Waals surface area (Å²) in [6.07, 6.45) is 1.69. The molecule has 2 N–H and O–H groups in total. The van der Waals surface area contributed by atoms with E-state index >= 15 is 0 Å². The highest BCUT2D eigenvalue weighted by Gasteiger charge is 2.24. The first-order valence-corrected chi connectivity index (χ1v) is 8.21. The SMILES string of the molecule is Cc1c(C(=O)NC(CCOC(C)(C)C)C(=O)O)cnn1CC(C)C. The molecule has 0 fully saturated rings. The number of aliphatic carboxylic acids is 1. The third-order valence-corrected chi connectivity index (χ3v) is 3.43. The van der Waals surface area contributed by atoms with E-state index in [2.05, 4.69) is 24.3 Å². The van der Waals surface area contributed by atoms with E-state index in [1.807, 2.05) is 27.7 Å². The van der Waals surface area contributed by atoms with Crippen molar-refractivity contribution in [3.8, 4) is 0 Å². The van der Waals surface area contributed by atoms with Crippen molar-refractivity contribution in [2.75, 3.05) is 6.61 Å². The van der Waals surface area contributed by atoms with Gasteiger partial charge in [-0.25, -0.2) is 4.79 Å². The Labute approximate surface area is 143 Å². The first-order valence-electron chi connectivity index (χ1n) is 8.21. The highest BCUT2D eigenvalue weighted by molar-refractivity contribution is 5.97. The Balaban J connectivity index is 2.72. The molecule has 0 bridgehead atoms. The molecule has 0 aliphatic rings. The van der Waals surface area contributed by atoms with E-state index < -0.39 is 17.9 Å². The number of carbonyl (C=O) groups excluding carboxylic acids is 1. The van der Waals surface area contributed by atoms with Crippen LogP contribution in [0.2, 0.25) is 0 Å². The maximum absolute atomic E-state index is 12.4. The van der Waals surface area contributed by atoms with E-state index in [-0.39, 0.29) is 18.6 Å². The predicted molar refractivity (Wildman–Crippen MR) is 91.0 cm³/mol. The van der Waals surface area contributed by atoms with Crippen molar-refractivity contribution in [2.45, 2.75) is 66.2 Å². The Kier molecular flexibility index (Phi) is 6.95. The normalized spacial score (nSPS) is 13.1. The largest absolute Gasteiger partial charge is 0.480 e. The second-order valence-electron chi connectivity index (χ2n) is 7.33. The average Bonchev–Trinajstić information content (AvgIpc) is 2.77. The van der Waals surface area contributed by atoms with E-state index in [0.717, 1.165) is 5.69 Å². The zero-order valence-electron chi connectivity index (χ0n) is 15.4. The molecule has 0 saturated carbocycles. The number of aromatic nitrogens is 2. The van der Waals surface area contributed by atoms with Crippen molar-refractivity contribution in [2.24, 2.45) is 5.92 Å². The van der Waals surface area contributed by atoms with Gasteiger partial charge in [-0.15, -0.1) is 0 Å². The standard InChI is InChI=1S/C17H29N3O4/c1-11(2)10-20-12(3)13(9-18-20)15(21)19-14(16(22)23)7-8-24-17(4,5)6/h9,11,14H,7-8,10H2,1-6H3,(H,19,21)(H,22,23). The molecule has 7 nitrogen and oxygen atoms in total. The fourth-order valence-electron chi connectivity index (χ4n) is 2.18. The van der Waals surface area contributed by atoms with Crippen LogP contribution >= 0.6 is 0 Å². The Bertz CT molecular complexity index is 573. The van der Waals surface area contributed by atoms with Gasteiger partial charge in [0.2, 0.25) is 0 Å². The number of nitrogens with zero attached hydrogens (tertiary/aromatic N) is 2. The zero-order chi connectivity index (χ0) is 18.5. The number of ether oxygens (including phenoxy) is 1. The number of hydrogen-bond donors (Lipinski definition) is 2. The number of rotatable bonds is 8. The summed E-state index contributed by atoms with van der Waals surface area (Å²) >= 11 is 0. The van der Waals surface area contributed by atoms with Crippen LogP contribution in [-0.2, 0) is 16.1 Å². The van der Waals surface area contributed by atoms with Crippen molar-refractivity contribution in [3.05, 3.63) is 17.5 Å². The fraction of sp³-hybridized carbons (Fsp3) is 0.706. The van der Waals surface area contributed by atoms with Crippen molar-refractivity contribution in [1.29, 1.82) is 0 Å². The lowest BCUT2D eigenvalue weighted by Crippen LogP contribution is -2.42. The third kappa shape index (κ3) is 6.31. The topological polar surface area (TPSA) is 93.4 Å². The number of nitrogens with one attached hydrogen (secondary N) is 1. The first kappa shape index (κ1) is 20.2. The van der Waals surface area contributed by atoms with Crippen LogP contribution in [0.3, 0.4) is 0 Å². The Morgan fingerprint density at radius 1 is 1.38 bits per heavy atom. The van der Waals surface area contributed by atoms with E-state index in [1.165, 1.54) is 6.20 Å². The molecular weight excluding hydrogens is 310 g/mol. The van der Waals surface area contributed by atoms with Crippen LogP contribution < -0.4 is 5.32 Å². The summed E-state index contributed by atoms with van der Waals surface area (Å²) in [6, 6.07) is -0.993. The van der Waals surface area contributed by atoms with Gasteiger partial charge in [0.1, 0.15) is 6.04 Å². The van der Waals surface area contributed by atoms with Gasteiger partial charge in [0.25, 0.3) is 5.91 Å². The smallest absolute Gasteiger partial charge is 0.326 e. The van der Waals surface area contributed by atoms with Gasteiger partial charge < -0.3 is 15.2 Å². The van der Waals surface area contributed by atoms with E-state index in [1.54, 1.807) is 4.68 Å².